The van der Waals surface area contributed by atoms with E-state index in [2.05, 4.69) is 5.16 Å². The molecule has 0 aromatic heterocycles. The van der Waals surface area contributed by atoms with Gasteiger partial charge in [0.2, 0.25) is 0 Å². The maximum atomic E-state index is 9.27. The number of benzene rings is 2. The molecule has 3 rings (SSSR count). The second-order valence-corrected chi connectivity index (χ2v) is 4.87. The van der Waals surface area contributed by atoms with Crippen molar-refractivity contribution in [2.75, 3.05) is 0 Å². The number of phenols is 1. The van der Waals surface area contributed by atoms with Crippen molar-refractivity contribution in [3.05, 3.63) is 64.7 Å². The highest BCUT2D eigenvalue weighted by Gasteiger charge is 2.23. The van der Waals surface area contributed by atoms with Crippen LogP contribution in [0.2, 0.25) is 5.02 Å². The number of aromatic hydroxyl groups is 1. The first kappa shape index (κ1) is 12.1. The predicted octanol–water partition coefficient (Wildman–Crippen LogP) is 3.91. The van der Waals surface area contributed by atoms with Gasteiger partial charge in [0.25, 0.3) is 0 Å². The van der Waals surface area contributed by atoms with Crippen molar-refractivity contribution < 1.29 is 9.94 Å². The van der Waals surface area contributed by atoms with E-state index in [-0.39, 0.29) is 11.9 Å². The highest BCUT2D eigenvalue weighted by Crippen LogP contribution is 2.30. The normalized spacial score (nSPS) is 17.9. The quantitative estimate of drug-likeness (QED) is 0.901. The summed E-state index contributed by atoms with van der Waals surface area (Å²) in [6, 6.07) is 14.5. The SMILES string of the molecule is Oc1ccc(C2CC(c3ccc(Cl)cc3)=NO2)cc1. The Labute approximate surface area is 116 Å². The van der Waals surface area contributed by atoms with E-state index in [1.165, 1.54) is 0 Å². The van der Waals surface area contributed by atoms with Crippen LogP contribution in [0, 0.1) is 0 Å². The third-order valence-electron chi connectivity index (χ3n) is 3.11. The van der Waals surface area contributed by atoms with E-state index in [1.807, 2.05) is 36.4 Å². The second-order valence-electron chi connectivity index (χ2n) is 4.43. The number of halogens is 1. The lowest BCUT2D eigenvalue weighted by atomic mass is 10.0. The Morgan fingerprint density at radius 3 is 2.42 bits per heavy atom. The largest absolute Gasteiger partial charge is 0.508 e. The minimum absolute atomic E-state index is 0.0914. The summed E-state index contributed by atoms with van der Waals surface area (Å²) in [5, 5.41) is 14.1. The summed E-state index contributed by atoms with van der Waals surface area (Å²) >= 11 is 5.86. The molecule has 0 aliphatic carbocycles. The molecule has 1 N–H and O–H groups in total. The fourth-order valence-corrected chi connectivity index (χ4v) is 2.18. The molecule has 2 aromatic carbocycles. The molecule has 1 unspecified atom stereocenters. The Bertz CT molecular complexity index is 605. The highest BCUT2D eigenvalue weighted by atomic mass is 35.5. The van der Waals surface area contributed by atoms with Crippen LogP contribution >= 0.6 is 11.6 Å². The van der Waals surface area contributed by atoms with Gasteiger partial charge in [-0.1, -0.05) is 41.0 Å². The molecular weight excluding hydrogens is 262 g/mol. The Balaban J connectivity index is 1.76. The van der Waals surface area contributed by atoms with Gasteiger partial charge in [0.15, 0.2) is 6.10 Å². The van der Waals surface area contributed by atoms with Gasteiger partial charge in [-0.25, -0.2) is 0 Å². The lowest BCUT2D eigenvalue weighted by Crippen LogP contribution is -2.01. The first-order valence-corrected chi connectivity index (χ1v) is 6.38. The molecule has 1 atom stereocenters. The second kappa shape index (κ2) is 4.94. The molecule has 0 spiro atoms. The van der Waals surface area contributed by atoms with Crippen molar-refractivity contribution in [3.8, 4) is 5.75 Å². The average Bonchev–Trinajstić information content (AvgIpc) is 2.90. The lowest BCUT2D eigenvalue weighted by Gasteiger charge is -2.08. The van der Waals surface area contributed by atoms with Crippen molar-refractivity contribution in [2.45, 2.75) is 12.5 Å². The summed E-state index contributed by atoms with van der Waals surface area (Å²) in [6.45, 7) is 0. The fourth-order valence-electron chi connectivity index (χ4n) is 2.06. The molecule has 0 radical (unpaired) electrons. The number of oxime groups is 1. The van der Waals surface area contributed by atoms with Crippen LogP contribution < -0.4 is 0 Å². The monoisotopic (exact) mass is 273 g/mol. The van der Waals surface area contributed by atoms with Crippen LogP contribution in [0.25, 0.3) is 0 Å². The van der Waals surface area contributed by atoms with E-state index in [9.17, 15) is 5.11 Å². The smallest absolute Gasteiger partial charge is 0.158 e. The van der Waals surface area contributed by atoms with Crippen LogP contribution in [0.1, 0.15) is 23.7 Å². The van der Waals surface area contributed by atoms with Crippen molar-refractivity contribution >= 4 is 17.3 Å². The molecule has 0 saturated carbocycles. The maximum absolute atomic E-state index is 9.27. The van der Waals surface area contributed by atoms with Crippen molar-refractivity contribution in [2.24, 2.45) is 5.16 Å². The summed E-state index contributed by atoms with van der Waals surface area (Å²) in [7, 11) is 0. The third kappa shape index (κ3) is 2.56. The fraction of sp³-hybridized carbons (Fsp3) is 0.133. The van der Waals surface area contributed by atoms with Gasteiger partial charge in [-0.05, 0) is 35.4 Å². The Hall–Kier alpha value is -2.00. The molecular formula is C15H12ClNO2. The van der Waals surface area contributed by atoms with Gasteiger partial charge in [0.1, 0.15) is 5.75 Å². The highest BCUT2D eigenvalue weighted by molar-refractivity contribution is 6.30. The molecule has 0 saturated heterocycles. The molecule has 0 amide bonds. The summed E-state index contributed by atoms with van der Waals surface area (Å²) in [6.07, 6.45) is 0.623. The van der Waals surface area contributed by atoms with E-state index in [0.29, 0.717) is 11.4 Å². The van der Waals surface area contributed by atoms with Crippen molar-refractivity contribution in [1.29, 1.82) is 0 Å². The number of nitrogens with zero attached hydrogens (tertiary/aromatic N) is 1. The summed E-state index contributed by atoms with van der Waals surface area (Å²) in [5.74, 6) is 0.251. The molecule has 3 nitrogen and oxygen atoms in total. The Kier molecular flexibility index (Phi) is 3.13. The molecule has 19 heavy (non-hydrogen) atoms. The molecule has 4 heteroatoms. The van der Waals surface area contributed by atoms with E-state index in [1.54, 1.807) is 12.1 Å². The molecule has 1 aliphatic heterocycles. The van der Waals surface area contributed by atoms with Crippen LogP contribution in [0.4, 0.5) is 0 Å². The molecule has 0 bridgehead atoms. The minimum atomic E-state index is -0.0914. The van der Waals surface area contributed by atoms with Crippen LogP contribution in [-0.4, -0.2) is 10.8 Å². The van der Waals surface area contributed by atoms with Crippen LogP contribution in [0.3, 0.4) is 0 Å². The van der Waals surface area contributed by atoms with Gasteiger partial charge in [0, 0.05) is 11.4 Å². The van der Waals surface area contributed by atoms with E-state index in [4.69, 9.17) is 16.4 Å². The zero-order valence-corrected chi connectivity index (χ0v) is 10.8. The van der Waals surface area contributed by atoms with E-state index in [0.717, 1.165) is 16.8 Å². The summed E-state index contributed by atoms with van der Waals surface area (Å²) in [5.41, 5.74) is 2.94. The standard InChI is InChI=1S/C15H12ClNO2/c16-12-5-1-10(2-6-12)14-9-15(19-17-14)11-3-7-13(18)8-4-11/h1-8,15,18H,9H2. The number of phenolic OH excluding ortho intramolecular Hbond substituents is 1. The van der Waals surface area contributed by atoms with Crippen LogP contribution in [0.15, 0.2) is 53.7 Å². The first-order chi connectivity index (χ1) is 9.22. The molecule has 1 aliphatic rings. The van der Waals surface area contributed by atoms with Gasteiger partial charge in [0.05, 0.1) is 5.71 Å². The zero-order chi connectivity index (χ0) is 13.2. The zero-order valence-electron chi connectivity index (χ0n) is 10.1. The van der Waals surface area contributed by atoms with Gasteiger partial charge in [-0.15, -0.1) is 0 Å². The molecule has 1 heterocycles. The Morgan fingerprint density at radius 2 is 1.74 bits per heavy atom. The topological polar surface area (TPSA) is 41.8 Å². The lowest BCUT2D eigenvalue weighted by molar-refractivity contribution is 0.0857. The number of hydrogen-bond acceptors (Lipinski definition) is 3. The Morgan fingerprint density at radius 1 is 1.05 bits per heavy atom. The van der Waals surface area contributed by atoms with Gasteiger partial charge < -0.3 is 9.94 Å². The average molecular weight is 274 g/mol. The van der Waals surface area contributed by atoms with Gasteiger partial charge >= 0.3 is 0 Å². The summed E-state index contributed by atoms with van der Waals surface area (Å²) < 4.78 is 0. The van der Waals surface area contributed by atoms with E-state index < -0.39 is 0 Å². The van der Waals surface area contributed by atoms with Crippen LogP contribution in [-0.2, 0) is 4.84 Å². The molecule has 96 valence electrons. The first-order valence-electron chi connectivity index (χ1n) is 6.00. The predicted molar refractivity (Wildman–Crippen MR) is 74.5 cm³/mol. The number of hydrogen-bond donors (Lipinski definition) is 1. The molecule has 2 aromatic rings. The van der Waals surface area contributed by atoms with Gasteiger partial charge in [-0.3, -0.25) is 0 Å². The van der Waals surface area contributed by atoms with Crippen molar-refractivity contribution in [1.82, 2.24) is 0 Å². The number of rotatable bonds is 2. The van der Waals surface area contributed by atoms with Gasteiger partial charge in [-0.2, -0.15) is 0 Å². The maximum Gasteiger partial charge on any atom is 0.158 e. The third-order valence-corrected chi connectivity index (χ3v) is 3.36. The van der Waals surface area contributed by atoms with E-state index >= 15 is 0 Å². The minimum Gasteiger partial charge on any atom is -0.508 e. The van der Waals surface area contributed by atoms with Crippen molar-refractivity contribution in [3.63, 3.8) is 0 Å². The molecule has 0 fully saturated rings. The van der Waals surface area contributed by atoms with Crippen LogP contribution in [0.5, 0.6) is 5.75 Å². The summed E-state index contributed by atoms with van der Waals surface area (Å²) in [4.78, 5) is 5.45.